The van der Waals surface area contributed by atoms with Gasteiger partial charge in [0.2, 0.25) is 0 Å². The van der Waals surface area contributed by atoms with Crippen molar-refractivity contribution in [3.63, 3.8) is 0 Å². The maximum atomic E-state index is 13.9. The second-order valence-corrected chi connectivity index (χ2v) is 5.38. The molecule has 1 unspecified atom stereocenters. The maximum Gasteiger partial charge on any atom is 0.159 e. The van der Waals surface area contributed by atoms with Crippen molar-refractivity contribution in [3.8, 4) is 0 Å². The molecule has 0 aliphatic rings. The van der Waals surface area contributed by atoms with Gasteiger partial charge in [-0.05, 0) is 43.3 Å². The van der Waals surface area contributed by atoms with E-state index in [1.807, 2.05) is 0 Å². The van der Waals surface area contributed by atoms with E-state index in [0.29, 0.717) is 22.0 Å². The summed E-state index contributed by atoms with van der Waals surface area (Å²) in [7, 11) is 1.70. The molecular weight excluding hydrogens is 331 g/mol. The molecule has 106 valence electrons. The van der Waals surface area contributed by atoms with Crippen molar-refractivity contribution in [2.75, 3.05) is 7.05 Å². The van der Waals surface area contributed by atoms with E-state index >= 15 is 0 Å². The van der Waals surface area contributed by atoms with Gasteiger partial charge in [0.1, 0.15) is 5.82 Å². The van der Waals surface area contributed by atoms with Crippen LogP contribution in [0.1, 0.15) is 17.2 Å². The number of likely N-dealkylation sites (N-methyl/N-ethyl adjacent to an activating group) is 1. The Balaban J connectivity index is 2.26. The van der Waals surface area contributed by atoms with Crippen LogP contribution in [0.2, 0.25) is 0 Å². The van der Waals surface area contributed by atoms with Crippen molar-refractivity contribution in [2.24, 2.45) is 0 Å². The van der Waals surface area contributed by atoms with Crippen LogP contribution in [0.25, 0.3) is 0 Å². The average Bonchev–Trinajstić information content (AvgIpc) is 2.41. The van der Waals surface area contributed by atoms with Gasteiger partial charge >= 0.3 is 0 Å². The van der Waals surface area contributed by atoms with Crippen LogP contribution in [0.15, 0.2) is 40.9 Å². The number of nitrogens with one attached hydrogen (secondary N) is 1. The highest BCUT2D eigenvalue weighted by atomic mass is 79.9. The molecule has 0 bridgehead atoms. The van der Waals surface area contributed by atoms with Crippen molar-refractivity contribution < 1.29 is 13.2 Å². The van der Waals surface area contributed by atoms with E-state index in [0.717, 1.165) is 12.1 Å². The first-order valence-electron chi connectivity index (χ1n) is 6.07. The molecule has 20 heavy (non-hydrogen) atoms. The predicted molar refractivity (Wildman–Crippen MR) is 76.0 cm³/mol. The van der Waals surface area contributed by atoms with Crippen LogP contribution < -0.4 is 5.32 Å². The fourth-order valence-electron chi connectivity index (χ4n) is 2.05. The van der Waals surface area contributed by atoms with E-state index in [1.165, 1.54) is 12.1 Å². The van der Waals surface area contributed by atoms with Crippen LogP contribution in [-0.2, 0) is 6.42 Å². The Morgan fingerprint density at radius 3 is 2.35 bits per heavy atom. The summed E-state index contributed by atoms with van der Waals surface area (Å²) in [6.07, 6.45) is 0.367. The van der Waals surface area contributed by atoms with Crippen molar-refractivity contribution in [1.29, 1.82) is 0 Å². The largest absolute Gasteiger partial charge is 0.313 e. The molecule has 0 fully saturated rings. The summed E-state index contributed by atoms with van der Waals surface area (Å²) in [6.45, 7) is 0. The lowest BCUT2D eigenvalue weighted by Crippen LogP contribution is -2.20. The Labute approximate surface area is 123 Å². The highest BCUT2D eigenvalue weighted by Gasteiger charge is 2.15. The topological polar surface area (TPSA) is 12.0 Å². The van der Waals surface area contributed by atoms with Crippen LogP contribution in [0, 0.1) is 17.5 Å². The molecule has 0 saturated carbocycles. The first kappa shape index (κ1) is 15.1. The monoisotopic (exact) mass is 343 g/mol. The summed E-state index contributed by atoms with van der Waals surface area (Å²) in [5.74, 6) is -2.13. The second kappa shape index (κ2) is 6.41. The molecule has 0 radical (unpaired) electrons. The zero-order valence-electron chi connectivity index (χ0n) is 10.8. The lowest BCUT2D eigenvalue weighted by Gasteiger charge is -2.18. The van der Waals surface area contributed by atoms with E-state index in [4.69, 9.17) is 0 Å². The zero-order valence-corrected chi connectivity index (χ0v) is 12.3. The van der Waals surface area contributed by atoms with Crippen LogP contribution in [0.5, 0.6) is 0 Å². The molecule has 2 rings (SSSR count). The second-order valence-electron chi connectivity index (χ2n) is 4.46. The van der Waals surface area contributed by atoms with Crippen molar-refractivity contribution in [3.05, 3.63) is 69.4 Å². The first-order chi connectivity index (χ1) is 9.51. The average molecular weight is 344 g/mol. The quantitative estimate of drug-likeness (QED) is 0.869. The number of hydrogen-bond acceptors (Lipinski definition) is 1. The lowest BCUT2D eigenvalue weighted by molar-refractivity contribution is 0.502. The predicted octanol–water partition coefficient (Wildman–Crippen LogP) is 4.37. The molecule has 1 atom stereocenters. The van der Waals surface area contributed by atoms with Gasteiger partial charge in [0, 0.05) is 16.1 Å². The molecule has 0 amide bonds. The standard InChI is InChI=1S/C15H13BrF3N/c1-20-15(11-4-3-10(16)8-13(11)18)7-9-2-5-12(17)14(19)6-9/h2-6,8,15,20H,7H2,1H3. The molecule has 1 N–H and O–H groups in total. The Hall–Kier alpha value is -1.33. The summed E-state index contributed by atoms with van der Waals surface area (Å²) in [5, 5.41) is 2.99. The summed E-state index contributed by atoms with van der Waals surface area (Å²) in [5.41, 5.74) is 1.09. The smallest absolute Gasteiger partial charge is 0.159 e. The molecule has 0 spiro atoms. The summed E-state index contributed by atoms with van der Waals surface area (Å²) >= 11 is 3.20. The van der Waals surface area contributed by atoms with Crippen molar-refractivity contribution in [2.45, 2.75) is 12.5 Å². The van der Waals surface area contributed by atoms with E-state index in [2.05, 4.69) is 21.2 Å². The van der Waals surface area contributed by atoms with Gasteiger partial charge in [-0.3, -0.25) is 0 Å². The van der Waals surface area contributed by atoms with Crippen molar-refractivity contribution >= 4 is 15.9 Å². The van der Waals surface area contributed by atoms with Crippen LogP contribution >= 0.6 is 15.9 Å². The van der Waals surface area contributed by atoms with Gasteiger partial charge in [-0.25, -0.2) is 13.2 Å². The Morgan fingerprint density at radius 2 is 1.75 bits per heavy atom. The number of rotatable bonds is 4. The van der Waals surface area contributed by atoms with Crippen molar-refractivity contribution in [1.82, 2.24) is 5.32 Å². The van der Waals surface area contributed by atoms with Gasteiger partial charge < -0.3 is 5.32 Å². The molecule has 1 nitrogen and oxygen atoms in total. The molecule has 0 saturated heterocycles. The SMILES string of the molecule is CNC(Cc1ccc(F)c(F)c1)c1ccc(Br)cc1F. The molecule has 5 heteroatoms. The normalized spacial score (nSPS) is 12.4. The third-order valence-corrected chi connectivity index (χ3v) is 3.60. The molecule has 0 heterocycles. The summed E-state index contributed by atoms with van der Waals surface area (Å²) < 4.78 is 40.7. The fourth-order valence-corrected chi connectivity index (χ4v) is 2.39. The van der Waals surface area contributed by atoms with Crippen LogP contribution in [-0.4, -0.2) is 7.05 Å². The van der Waals surface area contributed by atoms with Gasteiger partial charge in [0.15, 0.2) is 11.6 Å². The summed E-state index contributed by atoms with van der Waals surface area (Å²) in [4.78, 5) is 0. The van der Waals surface area contributed by atoms with E-state index < -0.39 is 11.6 Å². The number of benzene rings is 2. The minimum Gasteiger partial charge on any atom is -0.313 e. The molecule has 0 aliphatic heterocycles. The fraction of sp³-hybridized carbons (Fsp3) is 0.200. The summed E-state index contributed by atoms with van der Waals surface area (Å²) in [6, 6.07) is 8.19. The van der Waals surface area contributed by atoms with Gasteiger partial charge in [0.05, 0.1) is 0 Å². The molecule has 0 aromatic heterocycles. The van der Waals surface area contributed by atoms with Crippen LogP contribution in [0.3, 0.4) is 0 Å². The van der Waals surface area contributed by atoms with Gasteiger partial charge in [-0.1, -0.05) is 28.1 Å². The highest BCUT2D eigenvalue weighted by Crippen LogP contribution is 2.24. The minimum absolute atomic E-state index is 0.312. The number of hydrogen-bond donors (Lipinski definition) is 1. The van der Waals surface area contributed by atoms with Gasteiger partial charge in [-0.15, -0.1) is 0 Å². The molecule has 2 aromatic carbocycles. The third kappa shape index (κ3) is 3.41. The van der Waals surface area contributed by atoms with Crippen LogP contribution in [0.4, 0.5) is 13.2 Å². The molecule has 0 aliphatic carbocycles. The highest BCUT2D eigenvalue weighted by molar-refractivity contribution is 9.10. The maximum absolute atomic E-state index is 13.9. The molecule has 2 aromatic rings. The van der Waals surface area contributed by atoms with Gasteiger partial charge in [0.25, 0.3) is 0 Å². The van der Waals surface area contributed by atoms with E-state index in [-0.39, 0.29) is 11.9 Å². The third-order valence-electron chi connectivity index (χ3n) is 3.11. The zero-order chi connectivity index (χ0) is 14.7. The minimum atomic E-state index is -0.895. The van der Waals surface area contributed by atoms with E-state index in [9.17, 15) is 13.2 Å². The first-order valence-corrected chi connectivity index (χ1v) is 6.86. The Bertz CT molecular complexity index is 616. The number of halogens is 4. The Kier molecular flexibility index (Phi) is 4.83. The van der Waals surface area contributed by atoms with E-state index in [1.54, 1.807) is 19.2 Å². The van der Waals surface area contributed by atoms with Gasteiger partial charge in [-0.2, -0.15) is 0 Å². The lowest BCUT2D eigenvalue weighted by atomic mass is 9.98. The Morgan fingerprint density at radius 1 is 1.00 bits per heavy atom. The molecular formula is C15H13BrF3N.